The Labute approximate surface area is 172 Å². The molecule has 0 unspecified atom stereocenters. The largest absolute Gasteiger partial charge is 0.488 e. The summed E-state index contributed by atoms with van der Waals surface area (Å²) in [6.07, 6.45) is 1.53. The molecule has 1 aliphatic heterocycles. The van der Waals surface area contributed by atoms with Gasteiger partial charge in [0.05, 0.1) is 6.21 Å². The quantitative estimate of drug-likeness (QED) is 0.484. The Balaban J connectivity index is 1.41. The van der Waals surface area contributed by atoms with Gasteiger partial charge in [-0.2, -0.15) is 5.10 Å². The van der Waals surface area contributed by atoms with E-state index < -0.39 is 0 Å². The van der Waals surface area contributed by atoms with E-state index in [2.05, 4.69) is 10.5 Å². The number of nitrogens with zero attached hydrogens (tertiary/aromatic N) is 1. The molecule has 0 radical (unpaired) electrons. The topological polar surface area (TPSA) is 69.2 Å². The Morgan fingerprint density at radius 1 is 1.07 bits per heavy atom. The number of fused-ring (bicyclic) bond motifs is 1. The van der Waals surface area contributed by atoms with E-state index in [4.69, 9.17) is 25.8 Å². The Hall–Kier alpha value is -3.51. The summed E-state index contributed by atoms with van der Waals surface area (Å²) in [5.41, 5.74) is 4.55. The zero-order valence-electron chi connectivity index (χ0n) is 15.3. The van der Waals surface area contributed by atoms with Crippen molar-refractivity contribution in [2.24, 2.45) is 5.10 Å². The monoisotopic (exact) mass is 408 g/mol. The number of hydrogen-bond acceptors (Lipinski definition) is 5. The molecule has 6 nitrogen and oxygen atoms in total. The van der Waals surface area contributed by atoms with Crippen LogP contribution in [0.4, 0.5) is 0 Å². The van der Waals surface area contributed by atoms with Gasteiger partial charge >= 0.3 is 0 Å². The Bertz CT molecular complexity index is 1070. The van der Waals surface area contributed by atoms with Crippen LogP contribution in [0.15, 0.2) is 71.8 Å². The molecule has 146 valence electrons. The van der Waals surface area contributed by atoms with Crippen LogP contribution in [0.2, 0.25) is 5.02 Å². The molecule has 0 saturated heterocycles. The van der Waals surface area contributed by atoms with Crippen molar-refractivity contribution >= 4 is 23.7 Å². The molecule has 0 atom stereocenters. The molecule has 0 aromatic heterocycles. The van der Waals surface area contributed by atoms with Crippen LogP contribution < -0.4 is 19.6 Å². The number of para-hydroxylation sites is 1. The van der Waals surface area contributed by atoms with Gasteiger partial charge in [0.15, 0.2) is 11.5 Å². The summed E-state index contributed by atoms with van der Waals surface area (Å²) in [6, 6.07) is 19.9. The minimum Gasteiger partial charge on any atom is -0.488 e. The van der Waals surface area contributed by atoms with Crippen LogP contribution in [0.25, 0.3) is 0 Å². The molecule has 3 aromatic carbocycles. The molecule has 1 amide bonds. The van der Waals surface area contributed by atoms with E-state index in [-0.39, 0.29) is 12.7 Å². The predicted molar refractivity (Wildman–Crippen MR) is 110 cm³/mol. The van der Waals surface area contributed by atoms with Crippen molar-refractivity contribution in [1.82, 2.24) is 5.43 Å². The first-order chi connectivity index (χ1) is 14.2. The van der Waals surface area contributed by atoms with Gasteiger partial charge in [0, 0.05) is 21.7 Å². The summed E-state index contributed by atoms with van der Waals surface area (Å²) in [5.74, 6) is 1.44. The molecule has 29 heavy (non-hydrogen) atoms. The second kappa shape index (κ2) is 8.67. The van der Waals surface area contributed by atoms with E-state index >= 15 is 0 Å². The Morgan fingerprint density at radius 2 is 1.86 bits per heavy atom. The van der Waals surface area contributed by atoms with Crippen LogP contribution in [-0.2, 0) is 6.61 Å². The number of rotatable bonds is 6. The highest BCUT2D eigenvalue weighted by molar-refractivity contribution is 6.31. The molecule has 1 N–H and O–H groups in total. The minimum atomic E-state index is -0.353. The van der Waals surface area contributed by atoms with Crippen molar-refractivity contribution < 1.29 is 19.0 Å². The summed E-state index contributed by atoms with van der Waals surface area (Å²) < 4.78 is 16.4. The number of hydrazone groups is 1. The molecule has 1 aliphatic rings. The number of amides is 1. The van der Waals surface area contributed by atoms with Crippen molar-refractivity contribution in [2.45, 2.75) is 6.61 Å². The summed E-state index contributed by atoms with van der Waals surface area (Å²) in [5, 5.41) is 4.69. The molecular formula is C22H17ClN2O4. The van der Waals surface area contributed by atoms with E-state index in [1.807, 2.05) is 48.5 Å². The molecule has 1 heterocycles. The standard InChI is InChI=1S/C22H17ClN2O4/c23-18-7-3-1-6-17(18)13-27-19-8-4-2-5-16(19)12-24-25-22(26)15-9-10-20-21(11-15)29-14-28-20/h1-12H,13-14H2,(H,25,26)/b24-12+. The molecule has 7 heteroatoms. The number of benzene rings is 3. The van der Waals surface area contributed by atoms with Crippen molar-refractivity contribution in [3.05, 3.63) is 88.4 Å². The highest BCUT2D eigenvalue weighted by Gasteiger charge is 2.15. The first-order valence-electron chi connectivity index (χ1n) is 8.89. The van der Waals surface area contributed by atoms with Crippen molar-refractivity contribution in [1.29, 1.82) is 0 Å². The van der Waals surface area contributed by atoms with Crippen LogP contribution >= 0.6 is 11.6 Å². The number of ether oxygens (including phenoxy) is 3. The Morgan fingerprint density at radius 3 is 2.76 bits per heavy atom. The molecule has 0 saturated carbocycles. The second-order valence-corrected chi connectivity index (χ2v) is 6.59. The molecule has 0 fully saturated rings. The van der Waals surface area contributed by atoms with Crippen LogP contribution in [-0.4, -0.2) is 18.9 Å². The molecule has 0 spiro atoms. The van der Waals surface area contributed by atoms with Crippen molar-refractivity contribution in [3.63, 3.8) is 0 Å². The van der Waals surface area contributed by atoms with Crippen LogP contribution in [0.3, 0.4) is 0 Å². The number of hydrogen-bond donors (Lipinski definition) is 1. The lowest BCUT2D eigenvalue weighted by Gasteiger charge is -2.10. The lowest BCUT2D eigenvalue weighted by molar-refractivity contribution is 0.0954. The van der Waals surface area contributed by atoms with Gasteiger partial charge < -0.3 is 14.2 Å². The fourth-order valence-electron chi connectivity index (χ4n) is 2.75. The Kier molecular flexibility index (Phi) is 5.63. The molecule has 0 bridgehead atoms. The van der Waals surface area contributed by atoms with Crippen LogP contribution in [0.5, 0.6) is 17.2 Å². The SMILES string of the molecule is O=C(N/N=C/c1ccccc1OCc1ccccc1Cl)c1ccc2c(c1)OCO2. The number of carbonyl (C=O) groups excluding carboxylic acids is 1. The zero-order valence-corrected chi connectivity index (χ0v) is 16.1. The van der Waals surface area contributed by atoms with Gasteiger partial charge in [-0.05, 0) is 36.4 Å². The van der Waals surface area contributed by atoms with Gasteiger partial charge in [0.2, 0.25) is 6.79 Å². The van der Waals surface area contributed by atoms with Crippen molar-refractivity contribution in [3.8, 4) is 17.2 Å². The average molecular weight is 409 g/mol. The zero-order chi connectivity index (χ0) is 20.1. The third-order valence-corrected chi connectivity index (χ3v) is 4.63. The highest BCUT2D eigenvalue weighted by atomic mass is 35.5. The number of halogens is 1. The minimum absolute atomic E-state index is 0.156. The van der Waals surface area contributed by atoms with Crippen LogP contribution in [0, 0.1) is 0 Å². The third-order valence-electron chi connectivity index (χ3n) is 4.26. The van der Waals surface area contributed by atoms with E-state index in [0.29, 0.717) is 34.4 Å². The lowest BCUT2D eigenvalue weighted by atomic mass is 10.2. The smallest absolute Gasteiger partial charge is 0.271 e. The first-order valence-corrected chi connectivity index (χ1v) is 9.27. The van der Waals surface area contributed by atoms with E-state index in [0.717, 1.165) is 11.1 Å². The fraction of sp³-hybridized carbons (Fsp3) is 0.0909. The molecule has 3 aromatic rings. The summed E-state index contributed by atoms with van der Waals surface area (Å²) in [7, 11) is 0. The van der Waals surface area contributed by atoms with Gasteiger partial charge in [0.25, 0.3) is 5.91 Å². The summed E-state index contributed by atoms with van der Waals surface area (Å²) in [6.45, 7) is 0.484. The average Bonchev–Trinajstić information content (AvgIpc) is 3.22. The molecule has 4 rings (SSSR count). The van der Waals surface area contributed by atoms with Gasteiger partial charge in [0.1, 0.15) is 12.4 Å². The number of carbonyl (C=O) groups is 1. The molecular weight excluding hydrogens is 392 g/mol. The van der Waals surface area contributed by atoms with E-state index in [9.17, 15) is 4.79 Å². The summed E-state index contributed by atoms with van der Waals surface area (Å²) in [4.78, 5) is 12.3. The highest BCUT2D eigenvalue weighted by Crippen LogP contribution is 2.32. The van der Waals surface area contributed by atoms with Crippen molar-refractivity contribution in [2.75, 3.05) is 6.79 Å². The maximum Gasteiger partial charge on any atom is 0.271 e. The van der Waals surface area contributed by atoms with Gasteiger partial charge in [-0.3, -0.25) is 4.79 Å². The molecule has 0 aliphatic carbocycles. The normalized spacial score (nSPS) is 12.2. The lowest BCUT2D eigenvalue weighted by Crippen LogP contribution is -2.17. The second-order valence-electron chi connectivity index (χ2n) is 6.19. The van der Waals surface area contributed by atoms with E-state index in [1.54, 1.807) is 18.2 Å². The first kappa shape index (κ1) is 18.8. The van der Waals surface area contributed by atoms with Gasteiger partial charge in [-0.25, -0.2) is 5.43 Å². The number of nitrogens with one attached hydrogen (secondary N) is 1. The third kappa shape index (κ3) is 4.50. The van der Waals surface area contributed by atoms with E-state index in [1.165, 1.54) is 6.21 Å². The maximum atomic E-state index is 12.3. The predicted octanol–water partition coefficient (Wildman–Crippen LogP) is 4.41. The fourth-order valence-corrected chi connectivity index (χ4v) is 2.94. The summed E-state index contributed by atoms with van der Waals surface area (Å²) >= 11 is 6.17. The maximum absolute atomic E-state index is 12.3. The van der Waals surface area contributed by atoms with Gasteiger partial charge in [-0.15, -0.1) is 0 Å². The van der Waals surface area contributed by atoms with Gasteiger partial charge in [-0.1, -0.05) is 41.9 Å². The van der Waals surface area contributed by atoms with Crippen LogP contribution in [0.1, 0.15) is 21.5 Å².